The van der Waals surface area contributed by atoms with Crippen molar-refractivity contribution in [3.8, 4) is 0 Å². The molecule has 0 aliphatic rings. The minimum absolute atomic E-state index is 0.142. The Bertz CT molecular complexity index is 328. The van der Waals surface area contributed by atoms with Gasteiger partial charge in [0.25, 0.3) is 0 Å². The summed E-state index contributed by atoms with van der Waals surface area (Å²) in [4.78, 5) is 23.2. The van der Waals surface area contributed by atoms with Gasteiger partial charge in [-0.25, -0.2) is 0 Å². The summed E-state index contributed by atoms with van der Waals surface area (Å²) in [7, 11) is 0. The van der Waals surface area contributed by atoms with Crippen LogP contribution in [0.2, 0.25) is 0 Å². The van der Waals surface area contributed by atoms with E-state index in [0.717, 1.165) is 25.7 Å². The van der Waals surface area contributed by atoms with Crippen molar-refractivity contribution >= 4 is 11.9 Å². The lowest BCUT2D eigenvalue weighted by atomic mass is 10.1. The summed E-state index contributed by atoms with van der Waals surface area (Å²) >= 11 is 0. The van der Waals surface area contributed by atoms with Gasteiger partial charge >= 0.3 is 11.9 Å². The molecular weight excluding hydrogens is 316 g/mol. The number of hydrogen-bond acceptors (Lipinski definition) is 4. The maximum absolute atomic E-state index is 11.6. The lowest BCUT2D eigenvalue weighted by molar-refractivity contribution is -0.146. The van der Waals surface area contributed by atoms with Crippen molar-refractivity contribution in [1.82, 2.24) is 0 Å². The van der Waals surface area contributed by atoms with Gasteiger partial charge < -0.3 is 9.47 Å². The summed E-state index contributed by atoms with van der Waals surface area (Å²) in [5.41, 5.74) is 0. The molecule has 148 valence electrons. The van der Waals surface area contributed by atoms with E-state index in [9.17, 15) is 9.59 Å². The quantitative estimate of drug-likeness (QED) is 0.243. The van der Waals surface area contributed by atoms with Crippen LogP contribution in [0.5, 0.6) is 0 Å². The standard InChI is InChI=1S/C21H40O4/c1-4-6-7-8-9-10-13-17-24-20(22)14-11-12-15-21(23)25-18-16-19(3)5-2/h19H,4-18H2,1-3H3. The molecule has 0 spiro atoms. The highest BCUT2D eigenvalue weighted by Gasteiger charge is 2.07. The Morgan fingerprint density at radius 1 is 0.720 bits per heavy atom. The lowest BCUT2D eigenvalue weighted by Crippen LogP contribution is -2.09. The Balaban J connectivity index is 3.36. The van der Waals surface area contributed by atoms with E-state index in [1.165, 1.54) is 32.1 Å². The van der Waals surface area contributed by atoms with E-state index in [4.69, 9.17) is 9.47 Å². The summed E-state index contributed by atoms with van der Waals surface area (Å²) in [6.45, 7) is 7.56. The minimum Gasteiger partial charge on any atom is -0.466 e. The molecule has 0 aromatic heterocycles. The van der Waals surface area contributed by atoms with Gasteiger partial charge in [-0.2, -0.15) is 0 Å². The second-order valence-corrected chi connectivity index (χ2v) is 7.07. The molecule has 0 aromatic rings. The van der Waals surface area contributed by atoms with E-state index in [2.05, 4.69) is 20.8 Å². The van der Waals surface area contributed by atoms with Gasteiger partial charge in [0.2, 0.25) is 0 Å². The number of unbranched alkanes of at least 4 members (excludes halogenated alkanes) is 7. The number of ether oxygens (including phenoxy) is 2. The molecule has 0 aromatic carbocycles. The summed E-state index contributed by atoms with van der Waals surface area (Å²) in [5, 5.41) is 0. The average Bonchev–Trinajstić information content (AvgIpc) is 2.60. The van der Waals surface area contributed by atoms with Crippen molar-refractivity contribution in [3.63, 3.8) is 0 Å². The molecule has 4 heteroatoms. The fourth-order valence-corrected chi connectivity index (χ4v) is 2.51. The molecule has 0 aliphatic carbocycles. The molecule has 1 atom stereocenters. The Labute approximate surface area is 155 Å². The molecule has 0 saturated carbocycles. The first-order valence-electron chi connectivity index (χ1n) is 10.4. The third kappa shape index (κ3) is 17.6. The Hall–Kier alpha value is -1.06. The first-order chi connectivity index (χ1) is 12.1. The van der Waals surface area contributed by atoms with Gasteiger partial charge in [-0.05, 0) is 31.6 Å². The van der Waals surface area contributed by atoms with Gasteiger partial charge in [0.15, 0.2) is 0 Å². The SMILES string of the molecule is CCCCCCCCCOC(=O)CCCCC(=O)OCCC(C)CC. The van der Waals surface area contributed by atoms with E-state index >= 15 is 0 Å². The summed E-state index contributed by atoms with van der Waals surface area (Å²) in [5.74, 6) is 0.301. The molecule has 4 nitrogen and oxygen atoms in total. The zero-order valence-electron chi connectivity index (χ0n) is 16.8. The maximum Gasteiger partial charge on any atom is 0.305 e. The highest BCUT2D eigenvalue weighted by molar-refractivity contribution is 5.70. The predicted molar refractivity (Wildman–Crippen MR) is 102 cm³/mol. The Morgan fingerprint density at radius 2 is 1.24 bits per heavy atom. The highest BCUT2D eigenvalue weighted by Crippen LogP contribution is 2.09. The normalized spacial score (nSPS) is 12.0. The molecular formula is C21H40O4. The summed E-state index contributed by atoms with van der Waals surface area (Å²) in [6.07, 6.45) is 12.7. The number of rotatable bonds is 17. The van der Waals surface area contributed by atoms with Crippen molar-refractivity contribution in [2.45, 2.75) is 104 Å². The number of esters is 2. The van der Waals surface area contributed by atoms with Crippen molar-refractivity contribution < 1.29 is 19.1 Å². The van der Waals surface area contributed by atoms with Crippen LogP contribution in [0.25, 0.3) is 0 Å². The number of carbonyl (C=O) groups excluding carboxylic acids is 2. The summed E-state index contributed by atoms with van der Waals surface area (Å²) in [6, 6.07) is 0. The third-order valence-corrected chi connectivity index (χ3v) is 4.59. The fourth-order valence-electron chi connectivity index (χ4n) is 2.51. The van der Waals surface area contributed by atoms with Crippen LogP contribution >= 0.6 is 0 Å². The van der Waals surface area contributed by atoms with E-state index in [1.54, 1.807) is 0 Å². The lowest BCUT2D eigenvalue weighted by Gasteiger charge is -2.09. The molecule has 0 radical (unpaired) electrons. The Morgan fingerprint density at radius 3 is 1.80 bits per heavy atom. The third-order valence-electron chi connectivity index (χ3n) is 4.59. The molecule has 0 rings (SSSR count). The van der Waals surface area contributed by atoms with Crippen LogP contribution in [0.3, 0.4) is 0 Å². The zero-order valence-corrected chi connectivity index (χ0v) is 16.8. The van der Waals surface area contributed by atoms with Crippen molar-refractivity contribution in [2.75, 3.05) is 13.2 Å². The molecule has 1 unspecified atom stereocenters. The molecule has 0 aliphatic heterocycles. The van der Waals surface area contributed by atoms with Gasteiger partial charge in [0, 0.05) is 12.8 Å². The fraction of sp³-hybridized carbons (Fsp3) is 0.905. The molecule has 0 heterocycles. The first-order valence-corrected chi connectivity index (χ1v) is 10.4. The second-order valence-electron chi connectivity index (χ2n) is 7.07. The van der Waals surface area contributed by atoms with Gasteiger partial charge in [0.05, 0.1) is 13.2 Å². The predicted octanol–water partition coefficient (Wildman–Crippen LogP) is 5.82. The topological polar surface area (TPSA) is 52.6 Å². The van der Waals surface area contributed by atoms with Gasteiger partial charge in [0.1, 0.15) is 0 Å². The highest BCUT2D eigenvalue weighted by atomic mass is 16.5. The van der Waals surface area contributed by atoms with Crippen LogP contribution in [0.1, 0.15) is 104 Å². The minimum atomic E-state index is -0.153. The second kappa shape index (κ2) is 17.8. The maximum atomic E-state index is 11.6. The molecule has 0 bridgehead atoms. The van der Waals surface area contributed by atoms with E-state index in [-0.39, 0.29) is 11.9 Å². The van der Waals surface area contributed by atoms with Crippen molar-refractivity contribution in [1.29, 1.82) is 0 Å². The monoisotopic (exact) mass is 356 g/mol. The smallest absolute Gasteiger partial charge is 0.305 e. The molecule has 25 heavy (non-hydrogen) atoms. The van der Waals surface area contributed by atoms with Crippen LogP contribution in [-0.4, -0.2) is 25.2 Å². The van der Waals surface area contributed by atoms with Crippen LogP contribution in [0.4, 0.5) is 0 Å². The molecule has 0 amide bonds. The molecule has 0 saturated heterocycles. The first kappa shape index (κ1) is 23.9. The molecule has 0 N–H and O–H groups in total. The largest absolute Gasteiger partial charge is 0.466 e. The average molecular weight is 357 g/mol. The van der Waals surface area contributed by atoms with Gasteiger partial charge in [-0.3, -0.25) is 9.59 Å². The van der Waals surface area contributed by atoms with Crippen LogP contribution in [0, 0.1) is 5.92 Å². The van der Waals surface area contributed by atoms with Crippen molar-refractivity contribution in [2.24, 2.45) is 5.92 Å². The zero-order chi connectivity index (χ0) is 18.8. The van der Waals surface area contributed by atoms with Gasteiger partial charge in [-0.15, -0.1) is 0 Å². The summed E-state index contributed by atoms with van der Waals surface area (Å²) < 4.78 is 10.4. The van der Waals surface area contributed by atoms with Crippen LogP contribution in [0.15, 0.2) is 0 Å². The number of hydrogen-bond donors (Lipinski definition) is 0. The van der Waals surface area contributed by atoms with Gasteiger partial charge in [-0.1, -0.05) is 65.7 Å². The van der Waals surface area contributed by atoms with Crippen LogP contribution < -0.4 is 0 Å². The Kier molecular flexibility index (Phi) is 17.0. The molecule has 0 fully saturated rings. The number of carbonyl (C=O) groups is 2. The van der Waals surface area contributed by atoms with E-state index in [0.29, 0.717) is 44.8 Å². The van der Waals surface area contributed by atoms with E-state index in [1.807, 2.05) is 0 Å². The van der Waals surface area contributed by atoms with E-state index < -0.39 is 0 Å². The van der Waals surface area contributed by atoms with Crippen LogP contribution in [-0.2, 0) is 19.1 Å². The van der Waals surface area contributed by atoms with Crippen molar-refractivity contribution in [3.05, 3.63) is 0 Å².